The van der Waals surface area contributed by atoms with Gasteiger partial charge in [0.25, 0.3) is 0 Å². The van der Waals surface area contributed by atoms with E-state index in [1.807, 2.05) is 31.5 Å². The molecule has 116 valence electrons. The van der Waals surface area contributed by atoms with E-state index in [9.17, 15) is 9.59 Å². The summed E-state index contributed by atoms with van der Waals surface area (Å²) in [6.45, 7) is 6.86. The molecular weight excluding hydrogens is 270 g/mol. The summed E-state index contributed by atoms with van der Waals surface area (Å²) in [6, 6.07) is 1.97. The van der Waals surface area contributed by atoms with E-state index in [4.69, 9.17) is 5.11 Å². The van der Waals surface area contributed by atoms with Crippen LogP contribution in [0.5, 0.6) is 0 Å². The number of hydrogen-bond acceptors (Lipinski definition) is 3. The highest BCUT2D eigenvalue weighted by Crippen LogP contribution is 2.20. The van der Waals surface area contributed by atoms with Crippen molar-refractivity contribution in [1.82, 2.24) is 14.7 Å². The smallest absolute Gasteiger partial charge is 0.308 e. The van der Waals surface area contributed by atoms with Crippen LogP contribution in [-0.2, 0) is 9.59 Å². The fourth-order valence-electron chi connectivity index (χ4n) is 2.97. The Labute approximate surface area is 124 Å². The first-order valence-electron chi connectivity index (χ1n) is 7.42. The molecule has 6 heteroatoms. The maximum Gasteiger partial charge on any atom is 0.308 e. The largest absolute Gasteiger partial charge is 0.481 e. The third kappa shape index (κ3) is 3.62. The van der Waals surface area contributed by atoms with Gasteiger partial charge in [-0.25, -0.2) is 0 Å². The second-order valence-corrected chi connectivity index (χ2v) is 5.94. The molecule has 1 aliphatic heterocycles. The van der Waals surface area contributed by atoms with Gasteiger partial charge in [0.05, 0.1) is 17.7 Å². The number of amides is 1. The summed E-state index contributed by atoms with van der Waals surface area (Å²) < 4.78 is 1.87. The van der Waals surface area contributed by atoms with Crippen molar-refractivity contribution in [3.8, 4) is 0 Å². The Morgan fingerprint density at radius 1 is 1.48 bits per heavy atom. The van der Waals surface area contributed by atoms with Gasteiger partial charge in [0.15, 0.2) is 0 Å². The van der Waals surface area contributed by atoms with Crippen LogP contribution in [-0.4, -0.2) is 44.8 Å². The Balaban J connectivity index is 1.97. The van der Waals surface area contributed by atoms with Crippen LogP contribution in [0.1, 0.15) is 43.6 Å². The molecule has 2 atom stereocenters. The molecule has 1 aromatic rings. The molecule has 1 amide bonds. The van der Waals surface area contributed by atoms with Crippen molar-refractivity contribution < 1.29 is 14.7 Å². The number of carbonyl (C=O) groups is 2. The maximum absolute atomic E-state index is 12.4. The highest BCUT2D eigenvalue weighted by atomic mass is 16.4. The van der Waals surface area contributed by atoms with Crippen molar-refractivity contribution in [2.24, 2.45) is 5.92 Å². The van der Waals surface area contributed by atoms with E-state index in [0.717, 1.165) is 17.8 Å². The summed E-state index contributed by atoms with van der Waals surface area (Å²) in [7, 11) is 0. The number of aryl methyl sites for hydroxylation is 2. The van der Waals surface area contributed by atoms with E-state index in [1.54, 1.807) is 4.90 Å². The van der Waals surface area contributed by atoms with Crippen LogP contribution in [0, 0.1) is 19.8 Å². The Hall–Kier alpha value is -1.85. The molecule has 1 fully saturated rings. The molecule has 21 heavy (non-hydrogen) atoms. The number of rotatable bonds is 4. The highest BCUT2D eigenvalue weighted by Gasteiger charge is 2.29. The standard InChI is InChI=1S/C15H23N3O3/c1-10-7-11(2)18(16-10)12(3)8-14(19)17-6-4-5-13(9-17)15(20)21/h7,12-13H,4-6,8-9H2,1-3H3,(H,20,21). The lowest BCUT2D eigenvalue weighted by Gasteiger charge is -2.31. The van der Waals surface area contributed by atoms with Crippen molar-refractivity contribution in [1.29, 1.82) is 0 Å². The van der Waals surface area contributed by atoms with Crippen molar-refractivity contribution in [2.45, 2.75) is 46.1 Å². The lowest BCUT2D eigenvalue weighted by atomic mass is 9.98. The number of nitrogens with zero attached hydrogens (tertiary/aromatic N) is 3. The van der Waals surface area contributed by atoms with Gasteiger partial charge >= 0.3 is 5.97 Å². The van der Waals surface area contributed by atoms with E-state index in [2.05, 4.69) is 5.10 Å². The molecule has 0 spiro atoms. The molecule has 0 aliphatic carbocycles. The summed E-state index contributed by atoms with van der Waals surface area (Å²) in [6.07, 6.45) is 1.78. The fourth-order valence-corrected chi connectivity index (χ4v) is 2.97. The zero-order chi connectivity index (χ0) is 15.6. The zero-order valence-electron chi connectivity index (χ0n) is 12.9. The number of aliphatic carboxylic acids is 1. The van der Waals surface area contributed by atoms with E-state index in [0.29, 0.717) is 25.9 Å². The van der Waals surface area contributed by atoms with Crippen molar-refractivity contribution in [2.75, 3.05) is 13.1 Å². The minimum Gasteiger partial charge on any atom is -0.481 e. The molecule has 0 aromatic carbocycles. The molecule has 1 aromatic heterocycles. The topological polar surface area (TPSA) is 75.4 Å². The zero-order valence-corrected chi connectivity index (χ0v) is 12.9. The van der Waals surface area contributed by atoms with Gasteiger partial charge in [-0.2, -0.15) is 5.10 Å². The van der Waals surface area contributed by atoms with Crippen molar-refractivity contribution in [3.63, 3.8) is 0 Å². The average Bonchev–Trinajstić information content (AvgIpc) is 2.77. The number of aromatic nitrogens is 2. The van der Waals surface area contributed by atoms with Crippen LogP contribution in [0.25, 0.3) is 0 Å². The third-order valence-electron chi connectivity index (χ3n) is 4.06. The predicted octanol–water partition coefficient (Wildman–Crippen LogP) is 1.77. The normalized spacial score (nSPS) is 20.3. The van der Waals surface area contributed by atoms with Gasteiger partial charge in [0, 0.05) is 25.2 Å². The summed E-state index contributed by atoms with van der Waals surface area (Å²) in [5.74, 6) is -1.22. The summed E-state index contributed by atoms with van der Waals surface area (Å²) in [5.41, 5.74) is 1.98. The number of piperidine rings is 1. The van der Waals surface area contributed by atoms with Crippen LogP contribution in [0.2, 0.25) is 0 Å². The second kappa shape index (κ2) is 6.28. The maximum atomic E-state index is 12.4. The number of likely N-dealkylation sites (tertiary alicyclic amines) is 1. The minimum atomic E-state index is -0.806. The molecule has 2 rings (SSSR count). The Kier molecular flexibility index (Phi) is 4.65. The Morgan fingerprint density at radius 2 is 2.19 bits per heavy atom. The van der Waals surface area contributed by atoms with Gasteiger partial charge in [-0.15, -0.1) is 0 Å². The van der Waals surface area contributed by atoms with Gasteiger partial charge in [0.1, 0.15) is 0 Å². The number of carboxylic acids is 1. The molecule has 2 unspecified atom stereocenters. The Morgan fingerprint density at radius 3 is 2.76 bits per heavy atom. The first-order chi connectivity index (χ1) is 9.88. The Bertz CT molecular complexity index is 538. The lowest BCUT2D eigenvalue weighted by molar-refractivity contribution is -0.145. The van der Waals surface area contributed by atoms with Crippen LogP contribution in [0.3, 0.4) is 0 Å². The summed E-state index contributed by atoms with van der Waals surface area (Å²) >= 11 is 0. The quantitative estimate of drug-likeness (QED) is 0.918. The van der Waals surface area contributed by atoms with E-state index in [1.165, 1.54) is 0 Å². The van der Waals surface area contributed by atoms with Gasteiger partial charge in [-0.3, -0.25) is 14.3 Å². The van der Waals surface area contributed by atoms with Crippen molar-refractivity contribution in [3.05, 3.63) is 17.5 Å². The summed E-state index contributed by atoms with van der Waals surface area (Å²) in [4.78, 5) is 25.1. The molecule has 1 saturated heterocycles. The fraction of sp³-hybridized carbons (Fsp3) is 0.667. The van der Waals surface area contributed by atoms with Gasteiger partial charge < -0.3 is 10.0 Å². The molecule has 2 heterocycles. The first-order valence-corrected chi connectivity index (χ1v) is 7.42. The van der Waals surface area contributed by atoms with Crippen LogP contribution in [0.4, 0.5) is 0 Å². The SMILES string of the molecule is Cc1cc(C)n(C(C)CC(=O)N2CCCC(C(=O)O)C2)n1. The number of hydrogen-bond donors (Lipinski definition) is 1. The van der Waals surface area contributed by atoms with E-state index in [-0.39, 0.29) is 11.9 Å². The number of carbonyl (C=O) groups excluding carboxylic acids is 1. The first kappa shape index (κ1) is 15.5. The molecule has 0 radical (unpaired) electrons. The van der Waals surface area contributed by atoms with Crippen LogP contribution >= 0.6 is 0 Å². The molecule has 1 N–H and O–H groups in total. The van der Waals surface area contributed by atoms with Crippen LogP contribution in [0.15, 0.2) is 6.07 Å². The molecule has 6 nitrogen and oxygen atoms in total. The van der Waals surface area contributed by atoms with E-state index >= 15 is 0 Å². The monoisotopic (exact) mass is 293 g/mol. The van der Waals surface area contributed by atoms with Crippen molar-refractivity contribution >= 4 is 11.9 Å². The van der Waals surface area contributed by atoms with Gasteiger partial charge in [0.2, 0.25) is 5.91 Å². The van der Waals surface area contributed by atoms with Gasteiger partial charge in [-0.1, -0.05) is 0 Å². The molecule has 1 aliphatic rings. The lowest BCUT2D eigenvalue weighted by Crippen LogP contribution is -2.42. The van der Waals surface area contributed by atoms with Crippen LogP contribution < -0.4 is 0 Å². The molecule has 0 saturated carbocycles. The predicted molar refractivity (Wildman–Crippen MR) is 78.0 cm³/mol. The summed E-state index contributed by atoms with van der Waals surface area (Å²) in [5, 5.41) is 13.5. The molecule has 0 bridgehead atoms. The van der Waals surface area contributed by atoms with E-state index < -0.39 is 11.9 Å². The molecular formula is C15H23N3O3. The second-order valence-electron chi connectivity index (χ2n) is 5.94. The highest BCUT2D eigenvalue weighted by molar-refractivity contribution is 5.78. The minimum absolute atomic E-state index is 0.0148. The number of carboxylic acid groups (broad SMARTS) is 1. The van der Waals surface area contributed by atoms with Gasteiger partial charge in [-0.05, 0) is 39.7 Å². The average molecular weight is 293 g/mol. The third-order valence-corrected chi connectivity index (χ3v) is 4.06.